The summed E-state index contributed by atoms with van der Waals surface area (Å²) >= 11 is 0. The van der Waals surface area contributed by atoms with Crippen molar-refractivity contribution in [1.82, 2.24) is 10.2 Å². The van der Waals surface area contributed by atoms with E-state index >= 15 is 0 Å². The van der Waals surface area contributed by atoms with E-state index in [2.05, 4.69) is 29.4 Å². The van der Waals surface area contributed by atoms with E-state index < -0.39 is 5.60 Å². The van der Waals surface area contributed by atoms with Gasteiger partial charge in [-0.2, -0.15) is 0 Å². The molecule has 0 unspecified atom stereocenters. The Hall–Kier alpha value is -1.79. The molecule has 4 aliphatic carbocycles. The van der Waals surface area contributed by atoms with Crippen LogP contribution in [0.25, 0.3) is 0 Å². The van der Waals surface area contributed by atoms with E-state index in [1.54, 1.807) is 21.1 Å². The van der Waals surface area contributed by atoms with Crippen LogP contribution < -0.4 is 14.8 Å². The molecule has 2 heterocycles. The molecular weight excluding hydrogens is 368 g/mol. The summed E-state index contributed by atoms with van der Waals surface area (Å²) in [5, 5.41) is 3.26. The van der Waals surface area contributed by atoms with Crippen molar-refractivity contribution >= 4 is 5.91 Å². The normalized spacial score (nSPS) is 43.5. The standard InChI is InChI=1S/C23H30N2O4/c1-13(26)24-16-12-21-7-8-23(16,28-4)20-22(21)9-10-25(2)17(21)11-14-5-6-15(27-3)19(29-20)18(14)22/h5-6,16-17,20H,7-12H2,1-4H3,(H,24,26)/t16-,17-,20-,21-,22+,23-/m1/s1. The van der Waals surface area contributed by atoms with Gasteiger partial charge >= 0.3 is 0 Å². The molecule has 7 rings (SSSR count). The van der Waals surface area contributed by atoms with Gasteiger partial charge in [0, 0.05) is 36.5 Å². The highest BCUT2D eigenvalue weighted by atomic mass is 16.6. The molecule has 0 aromatic heterocycles. The van der Waals surface area contributed by atoms with Crippen molar-refractivity contribution in [3.63, 3.8) is 0 Å². The SMILES string of the molecule is COc1ccc2c3c1O[C@H]1[C@@]4(OC)CC[C@@]5(C[C@H]4NC(C)=O)[C@@H](C2)N(C)CC[C@]315. The van der Waals surface area contributed by atoms with E-state index in [-0.39, 0.29) is 28.9 Å². The molecule has 2 spiro atoms. The average molecular weight is 399 g/mol. The Labute approximate surface area is 171 Å². The lowest BCUT2D eigenvalue weighted by Gasteiger charge is -2.73. The number of piperidine rings is 1. The van der Waals surface area contributed by atoms with Crippen molar-refractivity contribution in [2.75, 3.05) is 27.8 Å². The molecule has 6 heteroatoms. The quantitative estimate of drug-likeness (QED) is 0.844. The number of hydrogen-bond donors (Lipinski definition) is 1. The lowest BCUT2D eigenvalue weighted by molar-refractivity contribution is -0.261. The molecule has 6 aliphatic rings. The number of rotatable bonds is 3. The van der Waals surface area contributed by atoms with Crippen molar-refractivity contribution in [2.24, 2.45) is 5.41 Å². The Balaban J connectivity index is 1.65. The minimum Gasteiger partial charge on any atom is -0.493 e. The largest absolute Gasteiger partial charge is 0.493 e. The highest BCUT2D eigenvalue weighted by Crippen LogP contribution is 2.75. The summed E-state index contributed by atoms with van der Waals surface area (Å²) in [5.41, 5.74) is 2.30. The summed E-state index contributed by atoms with van der Waals surface area (Å²) in [5.74, 6) is 1.75. The van der Waals surface area contributed by atoms with Gasteiger partial charge in [0.25, 0.3) is 0 Å². The van der Waals surface area contributed by atoms with Gasteiger partial charge in [-0.3, -0.25) is 4.79 Å². The molecule has 29 heavy (non-hydrogen) atoms. The molecule has 1 N–H and O–H groups in total. The summed E-state index contributed by atoms with van der Waals surface area (Å²) in [6, 6.07) is 4.73. The van der Waals surface area contributed by atoms with Crippen LogP contribution in [0.15, 0.2) is 12.1 Å². The fourth-order valence-corrected chi connectivity index (χ4v) is 8.23. The molecule has 156 valence electrons. The number of amides is 1. The number of carbonyl (C=O) groups is 1. The fraction of sp³-hybridized carbons (Fsp3) is 0.696. The van der Waals surface area contributed by atoms with Crippen LogP contribution in [0.2, 0.25) is 0 Å². The van der Waals surface area contributed by atoms with Crippen molar-refractivity contribution in [2.45, 2.75) is 68.2 Å². The van der Waals surface area contributed by atoms with Crippen LogP contribution in [0.4, 0.5) is 0 Å². The van der Waals surface area contributed by atoms with Gasteiger partial charge in [-0.05, 0) is 57.3 Å². The van der Waals surface area contributed by atoms with Gasteiger partial charge < -0.3 is 24.4 Å². The number of ether oxygens (including phenoxy) is 3. The molecule has 4 bridgehead atoms. The van der Waals surface area contributed by atoms with Crippen LogP contribution >= 0.6 is 0 Å². The van der Waals surface area contributed by atoms with Gasteiger partial charge in [-0.25, -0.2) is 0 Å². The molecule has 1 aromatic rings. The second-order valence-corrected chi connectivity index (χ2v) is 9.82. The maximum Gasteiger partial charge on any atom is 0.217 e. The lowest BCUT2D eigenvalue weighted by atomic mass is 9.36. The van der Waals surface area contributed by atoms with E-state index in [0.29, 0.717) is 6.04 Å². The highest BCUT2D eigenvalue weighted by Gasteiger charge is 2.80. The van der Waals surface area contributed by atoms with Gasteiger partial charge in [0.05, 0.1) is 13.2 Å². The molecular formula is C23H30N2O4. The summed E-state index contributed by atoms with van der Waals surface area (Å²) < 4.78 is 18.9. The van der Waals surface area contributed by atoms with Gasteiger partial charge in [0.1, 0.15) is 11.7 Å². The van der Waals surface area contributed by atoms with Crippen LogP contribution in [-0.4, -0.2) is 62.4 Å². The third-order valence-corrected chi connectivity index (χ3v) is 9.21. The minimum absolute atomic E-state index is 0.00697. The van der Waals surface area contributed by atoms with E-state index in [4.69, 9.17) is 14.2 Å². The molecule has 1 saturated heterocycles. The number of methoxy groups -OCH3 is 2. The first-order valence-electron chi connectivity index (χ1n) is 10.8. The minimum atomic E-state index is -0.507. The van der Waals surface area contributed by atoms with Gasteiger partial charge in [-0.1, -0.05) is 6.07 Å². The maximum absolute atomic E-state index is 12.1. The smallest absolute Gasteiger partial charge is 0.217 e. The zero-order chi connectivity index (χ0) is 20.2. The maximum atomic E-state index is 12.1. The Kier molecular flexibility index (Phi) is 3.40. The Bertz CT molecular complexity index is 918. The summed E-state index contributed by atoms with van der Waals surface area (Å²) in [6.07, 6.45) is 4.98. The topological polar surface area (TPSA) is 60.0 Å². The zero-order valence-electron chi connectivity index (χ0n) is 17.7. The molecule has 2 aliphatic heterocycles. The Morgan fingerprint density at radius 2 is 2.10 bits per heavy atom. The predicted molar refractivity (Wildman–Crippen MR) is 107 cm³/mol. The number of nitrogens with one attached hydrogen (secondary N) is 1. The third kappa shape index (κ3) is 1.77. The van der Waals surface area contributed by atoms with E-state index in [9.17, 15) is 4.79 Å². The average Bonchev–Trinajstić information content (AvgIpc) is 3.07. The molecule has 1 aromatic carbocycles. The van der Waals surface area contributed by atoms with Gasteiger partial charge in [0.15, 0.2) is 11.5 Å². The summed E-state index contributed by atoms with van der Waals surface area (Å²) in [4.78, 5) is 14.7. The van der Waals surface area contributed by atoms with Crippen LogP contribution in [-0.2, 0) is 21.4 Å². The Morgan fingerprint density at radius 3 is 2.83 bits per heavy atom. The molecule has 6 nitrogen and oxygen atoms in total. The predicted octanol–water partition coefficient (Wildman–Crippen LogP) is 2.03. The molecule has 3 saturated carbocycles. The van der Waals surface area contributed by atoms with Crippen LogP contribution in [0.3, 0.4) is 0 Å². The zero-order valence-corrected chi connectivity index (χ0v) is 17.7. The first-order chi connectivity index (χ1) is 13.9. The lowest BCUT2D eigenvalue weighted by Crippen LogP contribution is -2.83. The molecule has 0 radical (unpaired) electrons. The monoisotopic (exact) mass is 398 g/mol. The number of likely N-dealkylation sites (N-methyl/N-ethyl adjacent to an activating group) is 1. The third-order valence-electron chi connectivity index (χ3n) is 9.21. The molecule has 6 atom stereocenters. The van der Waals surface area contributed by atoms with Crippen LogP contribution in [0.1, 0.15) is 43.7 Å². The highest BCUT2D eigenvalue weighted by molar-refractivity contribution is 5.74. The van der Waals surface area contributed by atoms with Gasteiger partial charge in [-0.15, -0.1) is 0 Å². The first kappa shape index (κ1) is 18.0. The molecule has 1 amide bonds. The number of carbonyl (C=O) groups excluding carboxylic acids is 1. The van der Waals surface area contributed by atoms with E-state index in [0.717, 1.165) is 50.1 Å². The number of likely N-dealkylation sites (tertiary alicyclic amines) is 1. The van der Waals surface area contributed by atoms with Crippen LogP contribution in [0.5, 0.6) is 11.5 Å². The first-order valence-corrected chi connectivity index (χ1v) is 10.8. The van der Waals surface area contributed by atoms with Gasteiger partial charge in [0.2, 0.25) is 5.91 Å². The Morgan fingerprint density at radius 1 is 1.28 bits per heavy atom. The second-order valence-electron chi connectivity index (χ2n) is 9.82. The summed E-state index contributed by atoms with van der Waals surface area (Å²) in [6.45, 7) is 2.67. The number of fused-ring (bicyclic) bond motifs is 2. The number of nitrogens with zero attached hydrogens (tertiary/aromatic N) is 1. The van der Waals surface area contributed by atoms with Crippen molar-refractivity contribution < 1.29 is 19.0 Å². The van der Waals surface area contributed by atoms with E-state index in [1.807, 2.05) is 0 Å². The van der Waals surface area contributed by atoms with Crippen molar-refractivity contribution in [1.29, 1.82) is 0 Å². The molecule has 4 fully saturated rings. The number of benzene rings is 1. The van der Waals surface area contributed by atoms with Crippen molar-refractivity contribution in [3.8, 4) is 11.5 Å². The fourth-order valence-electron chi connectivity index (χ4n) is 8.23. The summed E-state index contributed by atoms with van der Waals surface area (Å²) in [7, 11) is 5.79. The van der Waals surface area contributed by atoms with Crippen molar-refractivity contribution in [3.05, 3.63) is 23.3 Å². The van der Waals surface area contributed by atoms with E-state index in [1.165, 1.54) is 11.1 Å². The number of hydrogen-bond acceptors (Lipinski definition) is 5. The second kappa shape index (κ2) is 5.46. The van der Waals surface area contributed by atoms with Crippen LogP contribution in [0, 0.1) is 5.41 Å².